The number of piperidine rings is 1. The number of benzene rings is 2. The highest BCUT2D eigenvalue weighted by molar-refractivity contribution is 6.05. The largest absolute Gasteiger partial charge is 0.338 e. The number of amides is 2. The fourth-order valence-electron chi connectivity index (χ4n) is 3.15. The zero-order valence-corrected chi connectivity index (χ0v) is 14.7. The molecule has 2 aromatic carbocycles. The number of hydrogen-bond acceptors (Lipinski definition) is 3. The molecule has 1 saturated heterocycles. The monoisotopic (exact) mass is 347 g/mol. The molecule has 2 aromatic rings. The maximum Gasteiger partial charge on any atom is 0.255 e. The number of rotatable bonds is 3. The SMILES string of the molecule is CC1CCCN(C(=O)c2ccc(C(=O)Nc3ccc(C#N)cc3)cc2)C1. The topological polar surface area (TPSA) is 73.2 Å². The number of likely N-dealkylation sites (tertiary alicyclic amines) is 1. The van der Waals surface area contributed by atoms with E-state index >= 15 is 0 Å². The Morgan fingerprint density at radius 2 is 1.73 bits per heavy atom. The fourth-order valence-corrected chi connectivity index (χ4v) is 3.15. The Hall–Kier alpha value is -3.13. The fraction of sp³-hybridized carbons (Fsp3) is 0.286. The van der Waals surface area contributed by atoms with E-state index in [1.54, 1.807) is 48.5 Å². The second kappa shape index (κ2) is 7.83. The predicted octanol–water partition coefficient (Wildman–Crippen LogP) is 3.68. The lowest BCUT2D eigenvalue weighted by Gasteiger charge is -2.31. The average Bonchev–Trinajstić information content (AvgIpc) is 2.68. The number of nitriles is 1. The normalized spacial score (nSPS) is 16.6. The Balaban J connectivity index is 1.65. The van der Waals surface area contributed by atoms with E-state index in [1.165, 1.54) is 0 Å². The Kier molecular flexibility index (Phi) is 5.33. The van der Waals surface area contributed by atoms with Crippen molar-refractivity contribution in [1.82, 2.24) is 4.90 Å². The summed E-state index contributed by atoms with van der Waals surface area (Å²) in [7, 11) is 0. The molecule has 5 nitrogen and oxygen atoms in total. The smallest absolute Gasteiger partial charge is 0.255 e. The van der Waals surface area contributed by atoms with Crippen LogP contribution in [0.1, 0.15) is 46.0 Å². The molecule has 0 bridgehead atoms. The third-order valence-electron chi connectivity index (χ3n) is 4.61. The molecule has 132 valence electrons. The maximum atomic E-state index is 12.6. The quantitative estimate of drug-likeness (QED) is 0.920. The van der Waals surface area contributed by atoms with Gasteiger partial charge in [-0.2, -0.15) is 5.26 Å². The molecule has 1 fully saturated rings. The van der Waals surface area contributed by atoms with Gasteiger partial charge in [-0.1, -0.05) is 6.92 Å². The molecule has 1 aliphatic rings. The minimum atomic E-state index is -0.250. The van der Waals surface area contributed by atoms with Crippen molar-refractivity contribution < 1.29 is 9.59 Å². The third kappa shape index (κ3) is 4.09. The van der Waals surface area contributed by atoms with Crippen LogP contribution in [0.2, 0.25) is 0 Å². The molecule has 0 radical (unpaired) electrons. The highest BCUT2D eigenvalue weighted by Crippen LogP contribution is 2.18. The summed E-state index contributed by atoms with van der Waals surface area (Å²) in [4.78, 5) is 26.8. The number of carbonyl (C=O) groups excluding carboxylic acids is 2. The lowest BCUT2D eigenvalue weighted by Crippen LogP contribution is -2.39. The summed E-state index contributed by atoms with van der Waals surface area (Å²) in [5.74, 6) is 0.307. The van der Waals surface area contributed by atoms with Gasteiger partial charge in [0.2, 0.25) is 0 Å². The molecule has 26 heavy (non-hydrogen) atoms. The molecule has 1 N–H and O–H groups in total. The second-order valence-electron chi connectivity index (χ2n) is 6.72. The summed E-state index contributed by atoms with van der Waals surface area (Å²) in [5, 5.41) is 11.6. The van der Waals surface area contributed by atoms with Crippen LogP contribution in [0.25, 0.3) is 0 Å². The van der Waals surface area contributed by atoms with Crippen molar-refractivity contribution in [1.29, 1.82) is 5.26 Å². The van der Waals surface area contributed by atoms with Gasteiger partial charge >= 0.3 is 0 Å². The van der Waals surface area contributed by atoms with E-state index in [2.05, 4.69) is 12.2 Å². The second-order valence-corrected chi connectivity index (χ2v) is 6.72. The van der Waals surface area contributed by atoms with Gasteiger partial charge < -0.3 is 10.2 Å². The predicted molar refractivity (Wildman–Crippen MR) is 99.9 cm³/mol. The number of nitrogens with one attached hydrogen (secondary N) is 1. The Labute approximate surface area is 153 Å². The molecule has 1 aliphatic heterocycles. The average molecular weight is 347 g/mol. The molecular formula is C21H21N3O2. The molecule has 1 heterocycles. The molecule has 2 amide bonds. The summed E-state index contributed by atoms with van der Waals surface area (Å²) in [6.07, 6.45) is 2.20. The van der Waals surface area contributed by atoms with Crippen molar-refractivity contribution in [3.63, 3.8) is 0 Å². The Morgan fingerprint density at radius 3 is 2.35 bits per heavy atom. The van der Waals surface area contributed by atoms with Gasteiger partial charge in [0, 0.05) is 29.9 Å². The molecule has 0 aliphatic carbocycles. The summed E-state index contributed by atoms with van der Waals surface area (Å²) >= 11 is 0. The molecule has 1 atom stereocenters. The molecule has 5 heteroatoms. The summed E-state index contributed by atoms with van der Waals surface area (Å²) in [6, 6.07) is 15.4. The summed E-state index contributed by atoms with van der Waals surface area (Å²) in [6.45, 7) is 3.75. The van der Waals surface area contributed by atoms with Gasteiger partial charge in [0.15, 0.2) is 0 Å². The standard InChI is InChI=1S/C21H21N3O2/c1-15-3-2-12-24(14-15)21(26)18-8-6-17(7-9-18)20(25)23-19-10-4-16(13-22)5-11-19/h4-11,15H,2-3,12,14H2,1H3,(H,23,25). The minimum absolute atomic E-state index is 0.0237. The van der Waals surface area contributed by atoms with Gasteiger partial charge in [-0.25, -0.2) is 0 Å². The van der Waals surface area contributed by atoms with Crippen LogP contribution in [-0.4, -0.2) is 29.8 Å². The highest BCUT2D eigenvalue weighted by atomic mass is 16.2. The van der Waals surface area contributed by atoms with Crippen molar-refractivity contribution >= 4 is 17.5 Å². The highest BCUT2D eigenvalue weighted by Gasteiger charge is 2.22. The van der Waals surface area contributed by atoms with E-state index in [0.29, 0.717) is 28.3 Å². The van der Waals surface area contributed by atoms with E-state index in [0.717, 1.165) is 25.9 Å². The lowest BCUT2D eigenvalue weighted by atomic mass is 9.99. The van der Waals surface area contributed by atoms with Crippen LogP contribution in [0, 0.1) is 17.2 Å². The van der Waals surface area contributed by atoms with Crippen LogP contribution in [0.5, 0.6) is 0 Å². The number of carbonyl (C=O) groups is 2. The zero-order valence-electron chi connectivity index (χ0n) is 14.7. The first-order valence-corrected chi connectivity index (χ1v) is 8.77. The third-order valence-corrected chi connectivity index (χ3v) is 4.61. The Morgan fingerprint density at radius 1 is 1.08 bits per heavy atom. The van der Waals surface area contributed by atoms with Crippen molar-refractivity contribution in [2.24, 2.45) is 5.92 Å². The molecule has 0 spiro atoms. The van der Waals surface area contributed by atoms with E-state index < -0.39 is 0 Å². The van der Waals surface area contributed by atoms with Crippen LogP contribution in [-0.2, 0) is 0 Å². The molecule has 0 saturated carbocycles. The van der Waals surface area contributed by atoms with Gasteiger partial charge in [-0.3, -0.25) is 9.59 Å². The van der Waals surface area contributed by atoms with Gasteiger partial charge in [0.25, 0.3) is 11.8 Å². The number of nitrogens with zero attached hydrogens (tertiary/aromatic N) is 2. The maximum absolute atomic E-state index is 12.6. The number of hydrogen-bond donors (Lipinski definition) is 1. The van der Waals surface area contributed by atoms with Crippen LogP contribution < -0.4 is 5.32 Å². The van der Waals surface area contributed by atoms with Crippen molar-refractivity contribution in [3.8, 4) is 6.07 Å². The van der Waals surface area contributed by atoms with E-state index in [4.69, 9.17) is 5.26 Å². The molecule has 1 unspecified atom stereocenters. The van der Waals surface area contributed by atoms with Crippen molar-refractivity contribution in [2.45, 2.75) is 19.8 Å². The first-order valence-electron chi connectivity index (χ1n) is 8.77. The molecule has 0 aromatic heterocycles. The summed E-state index contributed by atoms with van der Waals surface area (Å²) in [5.41, 5.74) is 2.25. The van der Waals surface area contributed by atoms with E-state index in [-0.39, 0.29) is 11.8 Å². The van der Waals surface area contributed by atoms with Gasteiger partial charge in [-0.05, 0) is 67.3 Å². The van der Waals surface area contributed by atoms with Gasteiger partial charge in [0.1, 0.15) is 0 Å². The van der Waals surface area contributed by atoms with Gasteiger partial charge in [0.05, 0.1) is 11.6 Å². The van der Waals surface area contributed by atoms with Crippen LogP contribution >= 0.6 is 0 Å². The van der Waals surface area contributed by atoms with Crippen LogP contribution in [0.3, 0.4) is 0 Å². The zero-order chi connectivity index (χ0) is 18.5. The summed E-state index contributed by atoms with van der Waals surface area (Å²) < 4.78 is 0. The van der Waals surface area contributed by atoms with Gasteiger partial charge in [-0.15, -0.1) is 0 Å². The van der Waals surface area contributed by atoms with Crippen molar-refractivity contribution in [3.05, 3.63) is 65.2 Å². The van der Waals surface area contributed by atoms with E-state index in [9.17, 15) is 9.59 Å². The van der Waals surface area contributed by atoms with Crippen molar-refractivity contribution in [2.75, 3.05) is 18.4 Å². The van der Waals surface area contributed by atoms with Crippen LogP contribution in [0.4, 0.5) is 5.69 Å². The first-order chi connectivity index (χ1) is 12.6. The first kappa shape index (κ1) is 17.7. The Bertz CT molecular complexity index is 835. The van der Waals surface area contributed by atoms with Crippen LogP contribution in [0.15, 0.2) is 48.5 Å². The lowest BCUT2D eigenvalue weighted by molar-refractivity contribution is 0.0682. The molecular weight excluding hydrogens is 326 g/mol. The number of anilines is 1. The minimum Gasteiger partial charge on any atom is -0.338 e. The molecule has 3 rings (SSSR count). The van der Waals surface area contributed by atoms with E-state index in [1.807, 2.05) is 11.0 Å².